The Bertz CT molecular complexity index is 794. The van der Waals surface area contributed by atoms with Crippen LogP contribution < -0.4 is 5.32 Å². The monoisotopic (exact) mass is 366 g/mol. The van der Waals surface area contributed by atoms with E-state index in [0.717, 1.165) is 24.2 Å². The molecule has 1 unspecified atom stereocenters. The van der Waals surface area contributed by atoms with Crippen LogP contribution in [-0.2, 0) is 4.79 Å². The summed E-state index contributed by atoms with van der Waals surface area (Å²) in [4.78, 5) is 33.4. The van der Waals surface area contributed by atoms with Gasteiger partial charge in [0.1, 0.15) is 5.69 Å². The summed E-state index contributed by atoms with van der Waals surface area (Å²) >= 11 is 0. The van der Waals surface area contributed by atoms with Gasteiger partial charge >= 0.3 is 0 Å². The number of carbonyl (C=O) groups excluding carboxylic acids is 2. The van der Waals surface area contributed by atoms with Crippen molar-refractivity contribution in [3.63, 3.8) is 0 Å². The summed E-state index contributed by atoms with van der Waals surface area (Å²) in [5.74, 6) is -0.0664. The fourth-order valence-electron chi connectivity index (χ4n) is 3.30. The summed E-state index contributed by atoms with van der Waals surface area (Å²) in [6.07, 6.45) is 2.47. The third-order valence-corrected chi connectivity index (χ3v) is 5.03. The highest BCUT2D eigenvalue weighted by molar-refractivity contribution is 5.95. The quantitative estimate of drug-likeness (QED) is 0.903. The highest BCUT2D eigenvalue weighted by atomic mass is 16.2. The number of carbonyl (C=O) groups is 2. The fourth-order valence-corrected chi connectivity index (χ4v) is 3.30. The average Bonchev–Trinajstić information content (AvgIpc) is 2.95. The maximum Gasteiger partial charge on any atom is 0.272 e. The lowest BCUT2D eigenvalue weighted by Crippen LogP contribution is -2.44. The number of aryl methyl sites for hydroxylation is 1. The minimum atomic E-state index is -0.255. The van der Waals surface area contributed by atoms with Crippen molar-refractivity contribution in [1.82, 2.24) is 14.8 Å². The molecule has 0 aliphatic carbocycles. The van der Waals surface area contributed by atoms with Crippen molar-refractivity contribution >= 4 is 17.5 Å². The van der Waals surface area contributed by atoms with Crippen LogP contribution in [0.15, 0.2) is 48.7 Å². The molecule has 1 aliphatic rings. The number of rotatable bonds is 4. The third kappa shape index (κ3) is 4.71. The molecule has 1 aliphatic heterocycles. The number of nitrogens with zero attached hydrogens (tertiary/aromatic N) is 3. The highest BCUT2D eigenvalue weighted by Crippen LogP contribution is 2.15. The minimum Gasteiger partial charge on any atom is -0.336 e. The van der Waals surface area contributed by atoms with Gasteiger partial charge in [-0.1, -0.05) is 24.3 Å². The van der Waals surface area contributed by atoms with Crippen LogP contribution in [0.1, 0.15) is 29.4 Å². The van der Waals surface area contributed by atoms with Crippen LogP contribution in [-0.4, -0.2) is 58.8 Å². The average molecular weight is 366 g/mol. The fraction of sp³-hybridized carbons (Fsp3) is 0.381. The normalized spacial score (nSPS) is 16.4. The molecule has 1 aromatic heterocycles. The van der Waals surface area contributed by atoms with Crippen molar-refractivity contribution in [2.45, 2.75) is 26.3 Å². The number of anilines is 1. The Morgan fingerprint density at radius 3 is 2.56 bits per heavy atom. The first kappa shape index (κ1) is 19.0. The standard InChI is InChI=1S/C21H26N4O2/c1-16-8-3-4-9-18(16)23-20(26)17(2)24-12-7-13-25(15-14-24)21(27)19-10-5-6-11-22-19/h3-6,8-11,17H,7,12-15H2,1-2H3,(H,23,26). The number of hydrogen-bond donors (Lipinski definition) is 1. The molecular formula is C21H26N4O2. The van der Waals surface area contributed by atoms with E-state index >= 15 is 0 Å². The molecule has 0 spiro atoms. The molecule has 3 rings (SSSR count). The van der Waals surface area contributed by atoms with Crippen LogP contribution in [0.4, 0.5) is 5.69 Å². The number of nitrogens with one attached hydrogen (secondary N) is 1. The first-order valence-corrected chi connectivity index (χ1v) is 9.37. The van der Waals surface area contributed by atoms with Crippen LogP contribution in [0.2, 0.25) is 0 Å². The van der Waals surface area contributed by atoms with Crippen LogP contribution in [0.3, 0.4) is 0 Å². The summed E-state index contributed by atoms with van der Waals surface area (Å²) in [5, 5.41) is 3.02. The molecule has 6 nitrogen and oxygen atoms in total. The highest BCUT2D eigenvalue weighted by Gasteiger charge is 2.26. The lowest BCUT2D eigenvalue weighted by atomic mass is 10.2. The molecule has 27 heavy (non-hydrogen) atoms. The molecule has 1 saturated heterocycles. The van der Waals surface area contributed by atoms with E-state index in [9.17, 15) is 9.59 Å². The van der Waals surface area contributed by atoms with Crippen molar-refractivity contribution < 1.29 is 9.59 Å². The van der Waals surface area contributed by atoms with Crippen molar-refractivity contribution in [1.29, 1.82) is 0 Å². The summed E-state index contributed by atoms with van der Waals surface area (Å²) < 4.78 is 0. The van der Waals surface area contributed by atoms with Gasteiger partial charge in [-0.25, -0.2) is 0 Å². The predicted octanol–water partition coefficient (Wildman–Crippen LogP) is 2.57. The largest absolute Gasteiger partial charge is 0.336 e. The number of aromatic nitrogens is 1. The molecule has 0 saturated carbocycles. The van der Waals surface area contributed by atoms with Gasteiger partial charge in [-0.2, -0.15) is 0 Å². The molecule has 2 heterocycles. The van der Waals surface area contributed by atoms with Gasteiger partial charge in [0.15, 0.2) is 0 Å². The smallest absolute Gasteiger partial charge is 0.272 e. The van der Waals surface area contributed by atoms with Crippen LogP contribution in [0.25, 0.3) is 0 Å². The van der Waals surface area contributed by atoms with Crippen LogP contribution >= 0.6 is 0 Å². The molecule has 1 N–H and O–H groups in total. The number of benzene rings is 1. The molecule has 0 bridgehead atoms. The Balaban J connectivity index is 1.59. The van der Waals surface area contributed by atoms with E-state index in [4.69, 9.17) is 0 Å². The van der Waals surface area contributed by atoms with E-state index in [1.807, 2.05) is 49.1 Å². The molecule has 142 valence electrons. The molecule has 0 radical (unpaired) electrons. The number of para-hydroxylation sites is 1. The van der Waals surface area contributed by atoms with Gasteiger partial charge in [0.2, 0.25) is 5.91 Å². The molecule has 1 aromatic carbocycles. The van der Waals surface area contributed by atoms with Crippen LogP contribution in [0.5, 0.6) is 0 Å². The minimum absolute atomic E-state index is 0.0196. The SMILES string of the molecule is Cc1ccccc1NC(=O)C(C)N1CCCN(C(=O)c2ccccn2)CC1. The molecule has 6 heteroatoms. The van der Waals surface area contributed by atoms with E-state index < -0.39 is 0 Å². The summed E-state index contributed by atoms with van der Waals surface area (Å²) in [5.41, 5.74) is 2.36. The maximum absolute atomic E-state index is 12.7. The van der Waals surface area contributed by atoms with E-state index in [1.165, 1.54) is 0 Å². The van der Waals surface area contributed by atoms with Gasteiger partial charge in [-0.3, -0.25) is 19.5 Å². The van der Waals surface area contributed by atoms with Crippen molar-refractivity contribution in [3.05, 3.63) is 59.9 Å². The number of pyridine rings is 1. The van der Waals surface area contributed by atoms with Gasteiger partial charge in [0.05, 0.1) is 6.04 Å². The molecular weight excluding hydrogens is 340 g/mol. The Morgan fingerprint density at radius 2 is 1.81 bits per heavy atom. The summed E-state index contributed by atoms with van der Waals surface area (Å²) in [6, 6.07) is 12.9. The van der Waals surface area contributed by atoms with Crippen molar-refractivity contribution in [2.75, 3.05) is 31.5 Å². The third-order valence-electron chi connectivity index (χ3n) is 5.03. The lowest BCUT2D eigenvalue weighted by molar-refractivity contribution is -0.120. The molecule has 1 fully saturated rings. The Hall–Kier alpha value is -2.73. The zero-order chi connectivity index (χ0) is 19.2. The summed E-state index contributed by atoms with van der Waals surface area (Å²) in [7, 11) is 0. The first-order chi connectivity index (χ1) is 13.1. The van der Waals surface area contributed by atoms with Gasteiger partial charge < -0.3 is 10.2 Å². The Labute approximate surface area is 160 Å². The zero-order valence-corrected chi connectivity index (χ0v) is 15.9. The molecule has 2 amide bonds. The van der Waals surface area contributed by atoms with Crippen LogP contribution in [0, 0.1) is 6.92 Å². The first-order valence-electron chi connectivity index (χ1n) is 9.37. The summed E-state index contributed by atoms with van der Waals surface area (Å²) in [6.45, 7) is 6.63. The number of amides is 2. The molecule has 1 atom stereocenters. The van der Waals surface area contributed by atoms with Crippen molar-refractivity contribution in [3.8, 4) is 0 Å². The van der Waals surface area contributed by atoms with Gasteiger partial charge in [-0.15, -0.1) is 0 Å². The zero-order valence-electron chi connectivity index (χ0n) is 15.9. The lowest BCUT2D eigenvalue weighted by Gasteiger charge is -2.27. The van der Waals surface area contributed by atoms with Gasteiger partial charge in [0, 0.05) is 38.1 Å². The van der Waals surface area contributed by atoms with E-state index in [-0.39, 0.29) is 17.9 Å². The topological polar surface area (TPSA) is 65.5 Å². The predicted molar refractivity (Wildman–Crippen MR) is 106 cm³/mol. The van der Waals surface area contributed by atoms with Gasteiger partial charge in [0.25, 0.3) is 5.91 Å². The molecule has 2 aromatic rings. The number of hydrogen-bond acceptors (Lipinski definition) is 4. The Morgan fingerprint density at radius 1 is 1.04 bits per heavy atom. The van der Waals surface area contributed by atoms with E-state index in [0.29, 0.717) is 25.3 Å². The second-order valence-electron chi connectivity index (χ2n) is 6.88. The second kappa shape index (κ2) is 8.77. The van der Waals surface area contributed by atoms with Gasteiger partial charge in [-0.05, 0) is 44.0 Å². The Kier molecular flexibility index (Phi) is 6.19. The van der Waals surface area contributed by atoms with E-state index in [2.05, 4.69) is 15.2 Å². The van der Waals surface area contributed by atoms with E-state index in [1.54, 1.807) is 18.3 Å². The van der Waals surface area contributed by atoms with Crippen molar-refractivity contribution in [2.24, 2.45) is 0 Å². The maximum atomic E-state index is 12.7. The second-order valence-corrected chi connectivity index (χ2v) is 6.88.